The van der Waals surface area contributed by atoms with Crippen molar-refractivity contribution in [3.63, 3.8) is 0 Å². The van der Waals surface area contributed by atoms with Gasteiger partial charge >= 0.3 is 0 Å². The summed E-state index contributed by atoms with van der Waals surface area (Å²) >= 11 is 0. The molecule has 1 atom stereocenters. The fraction of sp³-hybridized carbons (Fsp3) is 0.500. The van der Waals surface area contributed by atoms with Crippen LogP contribution in [0.15, 0.2) is 18.2 Å². The third kappa shape index (κ3) is 2.18. The summed E-state index contributed by atoms with van der Waals surface area (Å²) in [5.74, 6) is 1.14. The number of hydrogen-bond donors (Lipinski definition) is 0. The van der Waals surface area contributed by atoms with E-state index in [0.717, 1.165) is 23.2 Å². The Bertz CT molecular complexity index is 546. The predicted molar refractivity (Wildman–Crippen MR) is 74.4 cm³/mol. The predicted octanol–water partition coefficient (Wildman–Crippen LogP) is 2.82. The highest BCUT2D eigenvalue weighted by Crippen LogP contribution is 2.38. The zero-order valence-electron chi connectivity index (χ0n) is 11.5. The fourth-order valence-corrected chi connectivity index (χ4v) is 2.88. The van der Waals surface area contributed by atoms with Gasteiger partial charge in [-0.25, -0.2) is 0 Å². The minimum absolute atomic E-state index is 0.140. The first kappa shape index (κ1) is 12.4. The summed E-state index contributed by atoms with van der Waals surface area (Å²) < 4.78 is 0. The second-order valence-electron chi connectivity index (χ2n) is 5.79. The summed E-state index contributed by atoms with van der Waals surface area (Å²) in [5, 5.41) is 0. The number of carbonyl (C=O) groups is 2. The van der Waals surface area contributed by atoms with Gasteiger partial charge in [-0.15, -0.1) is 0 Å². The Hall–Kier alpha value is -1.64. The molecule has 0 aromatic heterocycles. The normalized spacial score (nSPS) is 20.1. The summed E-state index contributed by atoms with van der Waals surface area (Å²) in [7, 11) is 1.80. The van der Waals surface area contributed by atoms with Crippen LogP contribution < -0.4 is 4.90 Å². The molecule has 1 heterocycles. The molecule has 1 unspecified atom stereocenters. The van der Waals surface area contributed by atoms with E-state index in [2.05, 4.69) is 0 Å². The highest BCUT2D eigenvalue weighted by atomic mass is 16.2. The topological polar surface area (TPSA) is 37.4 Å². The van der Waals surface area contributed by atoms with Crippen molar-refractivity contribution in [1.29, 1.82) is 0 Å². The SMILES string of the molecule is CC(C(=O)c1ccc2c(c1)CCC(=O)N2C)C1CC1. The lowest BCUT2D eigenvalue weighted by Gasteiger charge is -2.26. The molecule has 1 aromatic rings. The lowest BCUT2D eigenvalue weighted by molar-refractivity contribution is -0.118. The minimum Gasteiger partial charge on any atom is -0.315 e. The van der Waals surface area contributed by atoms with E-state index >= 15 is 0 Å². The molecule has 0 N–H and O–H groups in total. The Kier molecular flexibility index (Phi) is 2.92. The van der Waals surface area contributed by atoms with Crippen molar-refractivity contribution >= 4 is 17.4 Å². The summed E-state index contributed by atoms with van der Waals surface area (Å²) in [6.07, 6.45) is 3.67. The summed E-state index contributed by atoms with van der Waals surface area (Å²) in [6.45, 7) is 2.04. The monoisotopic (exact) mass is 257 g/mol. The van der Waals surface area contributed by atoms with Gasteiger partial charge in [0.25, 0.3) is 0 Å². The van der Waals surface area contributed by atoms with Gasteiger partial charge in [-0.2, -0.15) is 0 Å². The van der Waals surface area contributed by atoms with E-state index in [0.29, 0.717) is 12.3 Å². The molecule has 3 heteroatoms. The first-order chi connectivity index (χ1) is 9.08. The van der Waals surface area contributed by atoms with Crippen molar-refractivity contribution in [2.75, 3.05) is 11.9 Å². The average molecular weight is 257 g/mol. The van der Waals surface area contributed by atoms with Gasteiger partial charge in [0.1, 0.15) is 0 Å². The maximum Gasteiger partial charge on any atom is 0.227 e. The second-order valence-corrected chi connectivity index (χ2v) is 5.79. The van der Waals surface area contributed by atoms with Gasteiger partial charge in [-0.05, 0) is 48.9 Å². The number of anilines is 1. The van der Waals surface area contributed by atoms with E-state index in [4.69, 9.17) is 0 Å². The van der Waals surface area contributed by atoms with Crippen LogP contribution in [0.5, 0.6) is 0 Å². The number of Topliss-reactive ketones (excluding diaryl/α,β-unsaturated/α-hetero) is 1. The van der Waals surface area contributed by atoms with Gasteiger partial charge in [-0.1, -0.05) is 6.92 Å². The quantitative estimate of drug-likeness (QED) is 0.781. The van der Waals surface area contributed by atoms with Gasteiger partial charge in [0, 0.05) is 30.6 Å². The molecule has 0 saturated heterocycles. The Balaban J connectivity index is 1.89. The number of fused-ring (bicyclic) bond motifs is 1. The highest BCUT2D eigenvalue weighted by molar-refractivity contribution is 6.00. The first-order valence-electron chi connectivity index (χ1n) is 7.01. The van der Waals surface area contributed by atoms with Gasteiger partial charge in [-0.3, -0.25) is 9.59 Å². The van der Waals surface area contributed by atoms with Gasteiger partial charge in [0.05, 0.1) is 0 Å². The van der Waals surface area contributed by atoms with Crippen LogP contribution in [-0.2, 0) is 11.2 Å². The molecule has 1 fully saturated rings. The molecular formula is C16H19NO2. The molecule has 1 aromatic carbocycles. The lowest BCUT2D eigenvalue weighted by Crippen LogP contribution is -2.31. The van der Waals surface area contributed by atoms with E-state index < -0.39 is 0 Å². The van der Waals surface area contributed by atoms with Crippen LogP contribution in [0.1, 0.15) is 42.1 Å². The zero-order valence-corrected chi connectivity index (χ0v) is 11.5. The molecule has 2 aliphatic rings. The molecule has 0 radical (unpaired) electrons. The van der Waals surface area contributed by atoms with E-state index in [-0.39, 0.29) is 17.6 Å². The first-order valence-corrected chi connectivity index (χ1v) is 7.01. The smallest absolute Gasteiger partial charge is 0.227 e. The summed E-state index contributed by atoms with van der Waals surface area (Å²) in [5.41, 5.74) is 2.88. The van der Waals surface area contributed by atoms with Crippen molar-refractivity contribution in [3.8, 4) is 0 Å². The van der Waals surface area contributed by atoms with Gasteiger partial charge < -0.3 is 4.90 Å². The molecule has 3 nitrogen and oxygen atoms in total. The molecule has 1 aliphatic carbocycles. The largest absolute Gasteiger partial charge is 0.315 e. The third-order valence-electron chi connectivity index (χ3n) is 4.45. The van der Waals surface area contributed by atoms with Gasteiger partial charge in [0.2, 0.25) is 5.91 Å². The number of aryl methyl sites for hydroxylation is 1. The lowest BCUT2D eigenvalue weighted by atomic mass is 9.91. The molecule has 1 aliphatic heterocycles. The van der Waals surface area contributed by atoms with E-state index in [1.807, 2.05) is 25.1 Å². The van der Waals surface area contributed by atoms with Crippen molar-refractivity contribution in [2.45, 2.75) is 32.6 Å². The standard InChI is InChI=1S/C16H19NO2/c1-10(11-3-4-11)16(19)13-5-7-14-12(9-13)6-8-15(18)17(14)2/h5,7,9-11H,3-4,6,8H2,1-2H3. The molecule has 0 spiro atoms. The maximum atomic E-state index is 12.4. The van der Waals surface area contributed by atoms with E-state index in [1.165, 1.54) is 12.8 Å². The Morgan fingerprint density at radius 1 is 1.32 bits per heavy atom. The molecular weight excluding hydrogens is 238 g/mol. The third-order valence-corrected chi connectivity index (χ3v) is 4.45. The van der Waals surface area contributed by atoms with E-state index in [1.54, 1.807) is 11.9 Å². The number of hydrogen-bond acceptors (Lipinski definition) is 2. The number of benzene rings is 1. The van der Waals surface area contributed by atoms with Crippen LogP contribution in [0.2, 0.25) is 0 Å². The van der Waals surface area contributed by atoms with Crippen LogP contribution in [0.25, 0.3) is 0 Å². The Morgan fingerprint density at radius 3 is 2.74 bits per heavy atom. The van der Waals surface area contributed by atoms with Gasteiger partial charge in [0.15, 0.2) is 5.78 Å². The van der Waals surface area contributed by atoms with Crippen molar-refractivity contribution in [2.24, 2.45) is 11.8 Å². The van der Waals surface area contributed by atoms with Crippen molar-refractivity contribution in [1.82, 2.24) is 0 Å². The van der Waals surface area contributed by atoms with Crippen LogP contribution in [0, 0.1) is 11.8 Å². The van der Waals surface area contributed by atoms with Crippen LogP contribution in [-0.4, -0.2) is 18.7 Å². The molecule has 3 rings (SSSR count). The molecule has 1 saturated carbocycles. The van der Waals surface area contributed by atoms with E-state index in [9.17, 15) is 9.59 Å². The zero-order chi connectivity index (χ0) is 13.6. The Morgan fingerprint density at radius 2 is 2.05 bits per heavy atom. The van der Waals surface area contributed by atoms with Crippen molar-refractivity contribution < 1.29 is 9.59 Å². The molecule has 0 bridgehead atoms. The number of ketones is 1. The fourth-order valence-electron chi connectivity index (χ4n) is 2.88. The number of carbonyl (C=O) groups excluding carboxylic acids is 2. The average Bonchev–Trinajstić information content (AvgIpc) is 3.25. The second kappa shape index (κ2) is 4.48. The van der Waals surface area contributed by atoms with Crippen LogP contribution in [0.3, 0.4) is 0 Å². The van der Waals surface area contributed by atoms with Crippen LogP contribution in [0.4, 0.5) is 5.69 Å². The maximum absolute atomic E-state index is 12.4. The van der Waals surface area contributed by atoms with Crippen LogP contribution >= 0.6 is 0 Å². The highest BCUT2D eigenvalue weighted by Gasteiger charge is 2.33. The Labute approximate surface area is 113 Å². The molecule has 1 amide bonds. The summed E-state index contributed by atoms with van der Waals surface area (Å²) in [6, 6.07) is 5.77. The number of nitrogens with zero attached hydrogens (tertiary/aromatic N) is 1. The van der Waals surface area contributed by atoms with Crippen molar-refractivity contribution in [3.05, 3.63) is 29.3 Å². The minimum atomic E-state index is 0.140. The summed E-state index contributed by atoms with van der Waals surface area (Å²) in [4.78, 5) is 25.7. The number of amides is 1. The number of rotatable bonds is 3. The molecule has 100 valence electrons. The molecule has 19 heavy (non-hydrogen) atoms.